The van der Waals surface area contributed by atoms with E-state index in [4.69, 9.17) is 16.3 Å². The Kier molecular flexibility index (Phi) is 6.89. The lowest BCUT2D eigenvalue weighted by molar-refractivity contribution is -0.116. The predicted molar refractivity (Wildman–Crippen MR) is 133 cm³/mol. The van der Waals surface area contributed by atoms with Crippen LogP contribution in [0.15, 0.2) is 58.6 Å². The quantitative estimate of drug-likeness (QED) is 0.494. The first-order chi connectivity index (χ1) is 16.6. The van der Waals surface area contributed by atoms with Crippen molar-refractivity contribution in [2.45, 2.75) is 30.4 Å². The number of hydrogen-bond donors (Lipinski definition) is 1. The summed E-state index contributed by atoms with van der Waals surface area (Å²) in [5, 5.41) is 4.60. The van der Waals surface area contributed by atoms with Crippen molar-refractivity contribution in [1.82, 2.24) is 19.6 Å². The number of nitrogens with one attached hydrogen (secondary N) is 1. The number of thioether (sulfide) groups is 1. The van der Waals surface area contributed by atoms with E-state index in [1.165, 1.54) is 11.8 Å². The Balaban J connectivity index is 1.01. The van der Waals surface area contributed by atoms with Crippen LogP contribution in [0.5, 0.6) is 0 Å². The summed E-state index contributed by atoms with van der Waals surface area (Å²) in [6.07, 6.45) is 6.17. The summed E-state index contributed by atoms with van der Waals surface area (Å²) in [7, 11) is 0. The molecule has 3 aromatic rings. The maximum Gasteiger partial charge on any atom is 0.258 e. The lowest BCUT2D eigenvalue weighted by atomic mass is 10.1. The molecule has 0 radical (unpaired) electrons. The molecule has 9 heteroatoms. The molecular weight excluding hydrogens is 472 g/mol. The summed E-state index contributed by atoms with van der Waals surface area (Å²) in [5.74, 6) is -0.0459. The van der Waals surface area contributed by atoms with E-state index in [2.05, 4.69) is 10.3 Å². The summed E-state index contributed by atoms with van der Waals surface area (Å²) in [5.41, 5.74) is 2.46. The number of amides is 2. The minimum absolute atomic E-state index is 0.0343. The van der Waals surface area contributed by atoms with Crippen LogP contribution in [0.1, 0.15) is 35.3 Å². The zero-order valence-corrected chi connectivity index (χ0v) is 20.1. The van der Waals surface area contributed by atoms with Crippen molar-refractivity contribution in [3.05, 3.63) is 69.8 Å². The fourth-order valence-corrected chi connectivity index (χ4v) is 5.34. The van der Waals surface area contributed by atoms with Gasteiger partial charge in [-0.2, -0.15) is 0 Å². The zero-order valence-electron chi connectivity index (χ0n) is 18.6. The minimum atomic E-state index is -0.0801. The average Bonchev–Trinajstić information content (AvgIpc) is 3.28. The van der Waals surface area contributed by atoms with Crippen LogP contribution in [0.2, 0.25) is 5.02 Å². The fourth-order valence-electron chi connectivity index (χ4n) is 4.21. The van der Waals surface area contributed by atoms with Crippen LogP contribution >= 0.6 is 23.4 Å². The highest BCUT2D eigenvalue weighted by atomic mass is 35.5. The van der Waals surface area contributed by atoms with Crippen molar-refractivity contribution in [1.29, 1.82) is 0 Å². The molecule has 0 unspecified atom stereocenters. The third kappa shape index (κ3) is 4.99. The number of benzene rings is 1. The fraction of sp³-hybridized carbons (Fsp3) is 0.320. The van der Waals surface area contributed by atoms with E-state index in [0.29, 0.717) is 41.7 Å². The van der Waals surface area contributed by atoms with Crippen LogP contribution in [-0.2, 0) is 9.53 Å². The highest BCUT2D eigenvalue weighted by Gasteiger charge is 2.24. The maximum absolute atomic E-state index is 12.6. The van der Waals surface area contributed by atoms with Crippen LogP contribution in [0.25, 0.3) is 11.7 Å². The Bertz CT molecular complexity index is 1230. The van der Waals surface area contributed by atoms with Gasteiger partial charge in [0.2, 0.25) is 0 Å². The number of piperidine rings is 1. The molecule has 1 fully saturated rings. The number of pyridine rings is 1. The molecule has 2 aromatic heterocycles. The predicted octanol–water partition coefficient (Wildman–Crippen LogP) is 4.26. The second-order valence-electron chi connectivity index (χ2n) is 8.33. The maximum atomic E-state index is 12.6. The molecule has 2 amide bonds. The van der Waals surface area contributed by atoms with E-state index in [1.807, 2.05) is 33.6 Å². The first-order valence-electron chi connectivity index (χ1n) is 11.4. The van der Waals surface area contributed by atoms with Gasteiger partial charge >= 0.3 is 0 Å². The van der Waals surface area contributed by atoms with Gasteiger partial charge < -0.3 is 15.0 Å². The first kappa shape index (κ1) is 23.0. The van der Waals surface area contributed by atoms with Gasteiger partial charge in [0.25, 0.3) is 11.8 Å². The van der Waals surface area contributed by atoms with E-state index >= 15 is 0 Å². The van der Waals surface area contributed by atoms with E-state index < -0.39 is 0 Å². The Hall–Kier alpha value is -2.81. The van der Waals surface area contributed by atoms with Crippen LogP contribution in [0.3, 0.4) is 0 Å². The molecule has 0 saturated carbocycles. The third-order valence-corrected chi connectivity index (χ3v) is 7.32. The van der Waals surface area contributed by atoms with Crippen LogP contribution < -0.4 is 5.32 Å². The molecule has 0 bridgehead atoms. The number of carbonyl (C=O) groups is 2. The molecular formula is C25H25ClN4O3S. The topological polar surface area (TPSA) is 75.9 Å². The summed E-state index contributed by atoms with van der Waals surface area (Å²) in [6, 6.07) is 12.9. The molecule has 1 N–H and O–H groups in total. The number of imidazole rings is 1. The molecule has 2 aliphatic heterocycles. The summed E-state index contributed by atoms with van der Waals surface area (Å²) >= 11 is 7.36. The zero-order chi connectivity index (χ0) is 23.5. The molecule has 7 nitrogen and oxygen atoms in total. The van der Waals surface area contributed by atoms with Gasteiger partial charge in [-0.25, -0.2) is 4.98 Å². The molecule has 1 saturated heterocycles. The van der Waals surface area contributed by atoms with Crippen molar-refractivity contribution in [2.75, 3.05) is 26.2 Å². The molecule has 0 aliphatic carbocycles. The number of carbonyl (C=O) groups excluding carboxylic acids is 2. The standard InChI is InChI=1S/C25H25ClN4O3S/c26-18-7-5-17(6-8-18)25(32)29-12-9-20(10-13-29)33-14-2-11-27-24(31)21-15-19-16-28-22-3-1-4-23(34-21)30(19)22/h1,3-8,15-16,20H,2,9-14H2,(H,27,31). The van der Waals surface area contributed by atoms with E-state index in [1.54, 1.807) is 30.5 Å². The Labute approximate surface area is 207 Å². The lowest BCUT2D eigenvalue weighted by Crippen LogP contribution is -2.41. The molecule has 0 spiro atoms. The van der Waals surface area contributed by atoms with Crippen molar-refractivity contribution >= 4 is 46.9 Å². The van der Waals surface area contributed by atoms with E-state index in [-0.39, 0.29) is 17.9 Å². The molecule has 0 atom stereocenters. The SMILES string of the molecule is O=C(NCCCOC1CCN(C(=O)c2ccc(Cl)cc2)CC1)C1=Cc2cnc3cccc(n23)S1. The second-order valence-corrected chi connectivity index (χ2v) is 9.83. The summed E-state index contributed by atoms with van der Waals surface area (Å²) < 4.78 is 8.04. The van der Waals surface area contributed by atoms with E-state index in [0.717, 1.165) is 35.6 Å². The Morgan fingerprint density at radius 2 is 1.94 bits per heavy atom. The number of hydrogen-bond acceptors (Lipinski definition) is 5. The van der Waals surface area contributed by atoms with E-state index in [9.17, 15) is 9.59 Å². The van der Waals surface area contributed by atoms with Gasteiger partial charge in [-0.15, -0.1) is 0 Å². The summed E-state index contributed by atoms with van der Waals surface area (Å²) in [4.78, 5) is 32.2. The monoisotopic (exact) mass is 496 g/mol. The number of nitrogens with zero attached hydrogens (tertiary/aromatic N) is 3. The third-order valence-electron chi connectivity index (χ3n) is 6.02. The lowest BCUT2D eigenvalue weighted by Gasteiger charge is -2.32. The molecule has 5 rings (SSSR count). The molecule has 2 aliphatic rings. The number of halogens is 1. The van der Waals surface area contributed by atoms with Crippen molar-refractivity contribution in [3.63, 3.8) is 0 Å². The van der Waals surface area contributed by atoms with Gasteiger partial charge in [0.05, 0.1) is 27.9 Å². The Morgan fingerprint density at radius 3 is 2.74 bits per heavy atom. The van der Waals surface area contributed by atoms with Gasteiger partial charge in [0.1, 0.15) is 5.65 Å². The largest absolute Gasteiger partial charge is 0.378 e. The van der Waals surface area contributed by atoms with Gasteiger partial charge in [-0.05, 0) is 61.7 Å². The normalized spacial score (nSPS) is 15.9. The average molecular weight is 497 g/mol. The number of rotatable bonds is 7. The van der Waals surface area contributed by atoms with Crippen LogP contribution in [0.4, 0.5) is 0 Å². The van der Waals surface area contributed by atoms with Crippen molar-refractivity contribution in [3.8, 4) is 0 Å². The molecule has 4 heterocycles. The smallest absolute Gasteiger partial charge is 0.258 e. The molecule has 34 heavy (non-hydrogen) atoms. The number of ether oxygens (including phenoxy) is 1. The minimum Gasteiger partial charge on any atom is -0.378 e. The molecule has 1 aromatic carbocycles. The molecule has 176 valence electrons. The van der Waals surface area contributed by atoms with Gasteiger partial charge in [0.15, 0.2) is 0 Å². The highest BCUT2D eigenvalue weighted by molar-refractivity contribution is 8.04. The van der Waals surface area contributed by atoms with Crippen molar-refractivity contribution < 1.29 is 14.3 Å². The van der Waals surface area contributed by atoms with Crippen LogP contribution in [0, 0.1) is 0 Å². The highest BCUT2D eigenvalue weighted by Crippen LogP contribution is 2.34. The van der Waals surface area contributed by atoms with Crippen LogP contribution in [-0.4, -0.2) is 58.4 Å². The van der Waals surface area contributed by atoms with Gasteiger partial charge in [-0.3, -0.25) is 14.0 Å². The Morgan fingerprint density at radius 1 is 1.15 bits per heavy atom. The first-order valence-corrected chi connectivity index (χ1v) is 12.6. The van der Waals surface area contributed by atoms with Gasteiger partial charge in [0, 0.05) is 36.8 Å². The second kappa shape index (κ2) is 10.2. The number of aromatic nitrogens is 2. The summed E-state index contributed by atoms with van der Waals surface area (Å²) in [6.45, 7) is 2.48. The van der Waals surface area contributed by atoms with Crippen molar-refractivity contribution in [2.24, 2.45) is 0 Å². The number of likely N-dealkylation sites (tertiary alicyclic amines) is 1. The van der Waals surface area contributed by atoms with Gasteiger partial charge in [-0.1, -0.05) is 29.4 Å².